The lowest BCUT2D eigenvalue weighted by atomic mass is 10.1. The first-order valence-electron chi connectivity index (χ1n) is 9.16. The maximum Gasteiger partial charge on any atom is 0.180 e. The number of halogens is 1. The highest BCUT2D eigenvalue weighted by molar-refractivity contribution is 7.99. The van der Waals surface area contributed by atoms with Gasteiger partial charge in [-0.15, -0.1) is 0 Å². The Morgan fingerprint density at radius 2 is 1.86 bits per heavy atom. The zero-order valence-corrected chi connectivity index (χ0v) is 16.4. The number of ether oxygens (including phenoxy) is 1. The van der Waals surface area contributed by atoms with Crippen molar-refractivity contribution >= 4 is 17.6 Å². The molecule has 0 spiro atoms. The zero-order chi connectivity index (χ0) is 19.3. The summed E-state index contributed by atoms with van der Waals surface area (Å²) in [5, 5.41) is -0.0224. The molecule has 144 valence electrons. The molecule has 5 nitrogen and oxygen atoms in total. The smallest absolute Gasteiger partial charge is 0.180 e. The summed E-state index contributed by atoms with van der Waals surface area (Å²) < 4.78 is 18.9. The predicted molar refractivity (Wildman–Crippen MR) is 110 cm³/mol. The van der Waals surface area contributed by atoms with Crippen molar-refractivity contribution in [1.82, 2.24) is 15.0 Å². The molecule has 1 aliphatic heterocycles. The van der Waals surface area contributed by atoms with Crippen LogP contribution in [0.4, 0.5) is 10.2 Å². The number of pyridine rings is 1. The fraction of sp³-hybridized carbons (Fsp3) is 0.286. The highest BCUT2D eigenvalue weighted by atomic mass is 32.2. The number of hydrogen-bond acceptors (Lipinski definition) is 6. The minimum Gasteiger partial charge on any atom is -0.378 e. The van der Waals surface area contributed by atoms with Crippen LogP contribution in [-0.2, 0) is 4.74 Å². The lowest BCUT2D eigenvalue weighted by molar-refractivity contribution is 0.122. The van der Waals surface area contributed by atoms with E-state index >= 15 is 0 Å². The van der Waals surface area contributed by atoms with Gasteiger partial charge in [0.15, 0.2) is 5.82 Å². The van der Waals surface area contributed by atoms with E-state index in [2.05, 4.69) is 9.88 Å². The summed E-state index contributed by atoms with van der Waals surface area (Å²) in [7, 11) is 0. The molecule has 0 aliphatic carbocycles. The summed E-state index contributed by atoms with van der Waals surface area (Å²) in [6.07, 6.45) is 3.77. The topological polar surface area (TPSA) is 51.1 Å². The van der Waals surface area contributed by atoms with Crippen molar-refractivity contribution < 1.29 is 9.13 Å². The highest BCUT2D eigenvalue weighted by Gasteiger charge is 2.21. The SMILES string of the molecule is CSC(c1ccc(F)cc1)c1cc(N2CCOCC2)nc(-c2ccccn2)n1. The van der Waals surface area contributed by atoms with Gasteiger partial charge in [0.25, 0.3) is 0 Å². The van der Waals surface area contributed by atoms with Gasteiger partial charge in [0.05, 0.1) is 24.2 Å². The molecule has 1 fully saturated rings. The van der Waals surface area contributed by atoms with E-state index in [1.165, 1.54) is 12.1 Å². The van der Waals surface area contributed by atoms with Crippen molar-refractivity contribution in [2.45, 2.75) is 5.25 Å². The van der Waals surface area contributed by atoms with Crippen LogP contribution in [0.25, 0.3) is 11.5 Å². The van der Waals surface area contributed by atoms with Gasteiger partial charge in [-0.3, -0.25) is 4.98 Å². The molecule has 4 rings (SSSR count). The molecular weight excluding hydrogens is 375 g/mol. The Kier molecular flexibility index (Phi) is 5.83. The van der Waals surface area contributed by atoms with Gasteiger partial charge in [0.2, 0.25) is 0 Å². The quantitative estimate of drug-likeness (QED) is 0.651. The van der Waals surface area contributed by atoms with Crippen molar-refractivity contribution in [3.05, 3.63) is 71.8 Å². The summed E-state index contributed by atoms with van der Waals surface area (Å²) in [5.74, 6) is 1.23. The second-order valence-corrected chi connectivity index (χ2v) is 7.40. The van der Waals surface area contributed by atoms with E-state index in [4.69, 9.17) is 14.7 Å². The van der Waals surface area contributed by atoms with Crippen LogP contribution >= 0.6 is 11.8 Å². The first kappa shape index (κ1) is 18.8. The lowest BCUT2D eigenvalue weighted by Crippen LogP contribution is -2.37. The van der Waals surface area contributed by atoms with Gasteiger partial charge in [0.1, 0.15) is 17.3 Å². The van der Waals surface area contributed by atoms with Crippen LogP contribution in [0.15, 0.2) is 54.7 Å². The first-order valence-corrected chi connectivity index (χ1v) is 10.4. The molecule has 0 amide bonds. The van der Waals surface area contributed by atoms with Gasteiger partial charge >= 0.3 is 0 Å². The molecule has 0 radical (unpaired) electrons. The Morgan fingerprint density at radius 1 is 1.07 bits per heavy atom. The van der Waals surface area contributed by atoms with E-state index in [9.17, 15) is 4.39 Å². The first-order chi connectivity index (χ1) is 13.7. The summed E-state index contributed by atoms with van der Waals surface area (Å²) in [4.78, 5) is 16.2. The van der Waals surface area contributed by atoms with Gasteiger partial charge in [-0.2, -0.15) is 11.8 Å². The maximum atomic E-state index is 13.4. The summed E-state index contributed by atoms with van der Waals surface area (Å²) >= 11 is 1.66. The molecule has 3 heterocycles. The molecule has 1 aromatic carbocycles. The molecule has 0 N–H and O–H groups in total. The van der Waals surface area contributed by atoms with Crippen molar-refractivity contribution in [3.63, 3.8) is 0 Å². The van der Waals surface area contributed by atoms with Crippen LogP contribution in [0.5, 0.6) is 0 Å². The number of nitrogens with zero attached hydrogens (tertiary/aromatic N) is 4. The summed E-state index contributed by atoms with van der Waals surface area (Å²) in [5.41, 5.74) is 2.63. The van der Waals surface area contributed by atoms with E-state index in [1.807, 2.05) is 42.7 Å². The fourth-order valence-corrected chi connectivity index (χ4v) is 4.01. The molecule has 0 saturated carbocycles. The standard InChI is InChI=1S/C21H21FN4OS/c1-28-20(15-5-7-16(22)8-6-15)18-14-19(26-10-12-27-13-11-26)25-21(24-18)17-4-2-3-9-23-17/h2-9,14,20H,10-13H2,1H3. The molecule has 2 aromatic heterocycles. The van der Waals surface area contributed by atoms with E-state index in [-0.39, 0.29) is 11.1 Å². The van der Waals surface area contributed by atoms with Gasteiger partial charge in [0, 0.05) is 25.4 Å². The number of hydrogen-bond donors (Lipinski definition) is 0. The zero-order valence-electron chi connectivity index (χ0n) is 15.6. The van der Waals surface area contributed by atoms with Crippen LogP contribution in [0, 0.1) is 5.82 Å². The average Bonchev–Trinajstić information content (AvgIpc) is 2.77. The highest BCUT2D eigenvalue weighted by Crippen LogP contribution is 2.35. The number of rotatable bonds is 5. The largest absolute Gasteiger partial charge is 0.378 e. The maximum absolute atomic E-state index is 13.4. The number of benzene rings is 1. The van der Waals surface area contributed by atoms with Crippen molar-refractivity contribution in [1.29, 1.82) is 0 Å². The normalized spacial score (nSPS) is 15.4. The van der Waals surface area contributed by atoms with E-state index in [0.717, 1.165) is 35.9 Å². The molecule has 3 aromatic rings. The van der Waals surface area contributed by atoms with Crippen LogP contribution in [-0.4, -0.2) is 47.5 Å². The second-order valence-electron chi connectivity index (χ2n) is 6.46. The molecule has 7 heteroatoms. The van der Waals surface area contributed by atoms with Gasteiger partial charge in [-0.1, -0.05) is 18.2 Å². The van der Waals surface area contributed by atoms with Gasteiger partial charge in [-0.25, -0.2) is 14.4 Å². The predicted octanol–water partition coefficient (Wildman–Crippen LogP) is 3.97. The second kappa shape index (κ2) is 8.67. The van der Waals surface area contributed by atoms with Crippen LogP contribution in [0.3, 0.4) is 0 Å². The van der Waals surface area contributed by atoms with E-state index in [1.54, 1.807) is 18.0 Å². The van der Waals surface area contributed by atoms with Crippen molar-refractivity contribution in [2.75, 3.05) is 37.5 Å². The summed E-state index contributed by atoms with van der Waals surface area (Å²) in [6, 6.07) is 14.3. The minimum atomic E-state index is -0.241. The number of morpholine rings is 1. The third kappa shape index (κ3) is 4.15. The third-order valence-corrected chi connectivity index (χ3v) is 5.62. The van der Waals surface area contributed by atoms with E-state index in [0.29, 0.717) is 19.0 Å². The number of thioether (sulfide) groups is 1. The Morgan fingerprint density at radius 3 is 2.54 bits per heavy atom. The van der Waals surface area contributed by atoms with Gasteiger partial charge < -0.3 is 9.64 Å². The van der Waals surface area contributed by atoms with Crippen LogP contribution < -0.4 is 4.90 Å². The molecule has 1 aliphatic rings. The van der Waals surface area contributed by atoms with Crippen molar-refractivity contribution in [2.24, 2.45) is 0 Å². The molecule has 28 heavy (non-hydrogen) atoms. The van der Waals surface area contributed by atoms with Gasteiger partial charge in [-0.05, 0) is 36.1 Å². The minimum absolute atomic E-state index is 0.0224. The molecule has 0 bridgehead atoms. The lowest BCUT2D eigenvalue weighted by Gasteiger charge is -2.28. The Bertz CT molecular complexity index is 917. The monoisotopic (exact) mass is 396 g/mol. The Balaban J connectivity index is 1.79. The van der Waals surface area contributed by atoms with Crippen LogP contribution in [0.1, 0.15) is 16.5 Å². The Labute approximate surface area is 168 Å². The Hall–Kier alpha value is -2.51. The van der Waals surface area contributed by atoms with E-state index < -0.39 is 0 Å². The third-order valence-electron chi connectivity index (χ3n) is 4.64. The summed E-state index contributed by atoms with van der Waals surface area (Å²) in [6.45, 7) is 2.95. The van der Waals surface area contributed by atoms with Crippen LogP contribution in [0.2, 0.25) is 0 Å². The number of aromatic nitrogens is 3. The number of anilines is 1. The molecule has 1 saturated heterocycles. The molecule has 1 unspecified atom stereocenters. The van der Waals surface area contributed by atoms with Crippen molar-refractivity contribution in [3.8, 4) is 11.5 Å². The molecule has 1 atom stereocenters. The average molecular weight is 396 g/mol. The molecular formula is C21H21FN4OS. The fourth-order valence-electron chi connectivity index (χ4n) is 3.22.